The van der Waals surface area contributed by atoms with E-state index in [1.807, 2.05) is 11.6 Å². The molecule has 6 nitrogen and oxygen atoms in total. The summed E-state index contributed by atoms with van der Waals surface area (Å²) < 4.78 is 0. The second kappa shape index (κ2) is 10.1. The largest absolute Gasteiger partial charge is 0.356 e. The summed E-state index contributed by atoms with van der Waals surface area (Å²) in [5.41, 5.74) is 0. The summed E-state index contributed by atoms with van der Waals surface area (Å²) in [6.07, 6.45) is 2.75. The maximum atomic E-state index is 11.8. The molecule has 0 saturated carbocycles. The quantitative estimate of drug-likeness (QED) is 0.545. The molecule has 0 spiro atoms. The second-order valence-electron chi connectivity index (χ2n) is 5.86. The van der Waals surface area contributed by atoms with E-state index in [0.29, 0.717) is 12.5 Å². The van der Waals surface area contributed by atoms with Crippen LogP contribution in [0.5, 0.6) is 0 Å². The molecule has 2 aromatic heterocycles. The lowest BCUT2D eigenvalue weighted by Gasteiger charge is -2.16. The molecular formula is C17H25N5OS2. The Hall–Kier alpha value is -1.93. The minimum atomic E-state index is -0.0210. The maximum absolute atomic E-state index is 11.8. The van der Waals surface area contributed by atoms with Crippen LogP contribution in [0, 0.1) is 0 Å². The van der Waals surface area contributed by atoms with Crippen molar-refractivity contribution in [3.05, 3.63) is 39.0 Å². The average molecular weight is 380 g/mol. The van der Waals surface area contributed by atoms with Crippen LogP contribution in [0.25, 0.3) is 0 Å². The van der Waals surface area contributed by atoms with Crippen molar-refractivity contribution in [2.24, 2.45) is 4.99 Å². The zero-order chi connectivity index (χ0) is 18.1. The van der Waals surface area contributed by atoms with Crippen molar-refractivity contribution in [3.63, 3.8) is 0 Å². The monoisotopic (exact) mass is 379 g/mol. The van der Waals surface area contributed by atoms with Crippen LogP contribution in [-0.2, 0) is 11.2 Å². The van der Waals surface area contributed by atoms with E-state index in [4.69, 9.17) is 0 Å². The van der Waals surface area contributed by atoms with Gasteiger partial charge in [-0.3, -0.25) is 4.79 Å². The first kappa shape index (κ1) is 19.4. The molecule has 2 aromatic rings. The van der Waals surface area contributed by atoms with E-state index in [1.54, 1.807) is 41.7 Å². The van der Waals surface area contributed by atoms with Crippen LogP contribution in [0.1, 0.15) is 22.7 Å². The van der Waals surface area contributed by atoms with Crippen LogP contribution in [-0.4, -0.2) is 55.5 Å². The maximum Gasteiger partial charge on any atom is 0.243 e. The number of hydrogen-bond acceptors (Lipinski definition) is 5. The van der Waals surface area contributed by atoms with Crippen molar-refractivity contribution in [1.82, 2.24) is 20.5 Å². The van der Waals surface area contributed by atoms with Crippen LogP contribution in [0.4, 0.5) is 0 Å². The Balaban J connectivity index is 1.88. The van der Waals surface area contributed by atoms with Crippen molar-refractivity contribution < 1.29 is 4.79 Å². The summed E-state index contributed by atoms with van der Waals surface area (Å²) in [6, 6.07) is 4.18. The van der Waals surface area contributed by atoms with E-state index >= 15 is 0 Å². The predicted octanol–water partition coefficient (Wildman–Crippen LogP) is 2.17. The highest BCUT2D eigenvalue weighted by atomic mass is 32.1. The Morgan fingerprint density at radius 3 is 2.80 bits per heavy atom. The first-order valence-corrected chi connectivity index (χ1v) is 9.96. The molecule has 0 aliphatic carbocycles. The molecule has 0 bridgehead atoms. The summed E-state index contributed by atoms with van der Waals surface area (Å²) >= 11 is 3.40. The Labute approximate surface area is 157 Å². The van der Waals surface area contributed by atoms with Gasteiger partial charge in [-0.2, -0.15) is 0 Å². The number of aliphatic imine (C=N–C) groups is 1. The molecule has 2 heterocycles. The summed E-state index contributed by atoms with van der Waals surface area (Å²) in [4.78, 5) is 23.4. The molecule has 1 atom stereocenters. The van der Waals surface area contributed by atoms with Crippen LogP contribution >= 0.6 is 22.7 Å². The molecule has 0 radical (unpaired) electrons. The standard InChI is InChI=1S/C17H25N5OS2/c1-13(16-18-8-10-25-16)11-20-17(21-12-15(23)22(2)3)19-7-6-14-5-4-9-24-14/h4-5,8-10,13H,6-7,11-12H2,1-3H3,(H2,19,20,21). The molecule has 0 aromatic carbocycles. The lowest BCUT2D eigenvalue weighted by atomic mass is 10.2. The summed E-state index contributed by atoms with van der Waals surface area (Å²) in [6.45, 7) is 3.75. The van der Waals surface area contributed by atoms with Gasteiger partial charge in [0.15, 0.2) is 5.96 Å². The molecular weight excluding hydrogens is 354 g/mol. The number of guanidine groups is 1. The minimum Gasteiger partial charge on any atom is -0.356 e. The number of carbonyl (C=O) groups excluding carboxylic acids is 1. The fourth-order valence-electron chi connectivity index (χ4n) is 2.04. The zero-order valence-electron chi connectivity index (χ0n) is 14.9. The van der Waals surface area contributed by atoms with Gasteiger partial charge in [0, 0.05) is 49.6 Å². The number of carbonyl (C=O) groups is 1. The molecule has 1 amide bonds. The highest BCUT2D eigenvalue weighted by Gasteiger charge is 2.10. The molecule has 1 unspecified atom stereocenters. The van der Waals surface area contributed by atoms with E-state index in [9.17, 15) is 4.79 Å². The third-order valence-electron chi connectivity index (χ3n) is 3.56. The van der Waals surface area contributed by atoms with Crippen molar-refractivity contribution in [2.75, 3.05) is 33.7 Å². The number of aromatic nitrogens is 1. The van der Waals surface area contributed by atoms with Crippen LogP contribution in [0.2, 0.25) is 0 Å². The Kier molecular flexibility index (Phi) is 7.87. The Morgan fingerprint density at radius 2 is 2.16 bits per heavy atom. The SMILES string of the molecule is CC(CNC(=NCC(=O)N(C)C)NCCc1cccs1)c1nccs1. The van der Waals surface area contributed by atoms with Gasteiger partial charge in [-0.05, 0) is 17.9 Å². The molecule has 2 rings (SSSR count). The van der Waals surface area contributed by atoms with Crippen molar-refractivity contribution in [3.8, 4) is 0 Å². The Morgan fingerprint density at radius 1 is 1.32 bits per heavy atom. The van der Waals surface area contributed by atoms with Gasteiger partial charge in [-0.1, -0.05) is 13.0 Å². The van der Waals surface area contributed by atoms with Gasteiger partial charge >= 0.3 is 0 Å². The van der Waals surface area contributed by atoms with Gasteiger partial charge in [0.2, 0.25) is 5.91 Å². The molecule has 0 aliphatic rings. The molecule has 0 aliphatic heterocycles. The number of nitrogens with zero attached hydrogens (tertiary/aromatic N) is 3. The minimum absolute atomic E-state index is 0.0210. The third kappa shape index (κ3) is 6.83. The highest BCUT2D eigenvalue weighted by Crippen LogP contribution is 2.16. The third-order valence-corrected chi connectivity index (χ3v) is 5.51. The number of thiazole rings is 1. The van der Waals surface area contributed by atoms with E-state index in [2.05, 4.69) is 45.0 Å². The van der Waals surface area contributed by atoms with Crippen LogP contribution in [0.3, 0.4) is 0 Å². The van der Waals surface area contributed by atoms with Gasteiger partial charge in [0.05, 0.1) is 5.01 Å². The first-order valence-electron chi connectivity index (χ1n) is 8.20. The van der Waals surface area contributed by atoms with Gasteiger partial charge in [0.1, 0.15) is 6.54 Å². The zero-order valence-corrected chi connectivity index (χ0v) is 16.5. The number of thiophene rings is 1. The topological polar surface area (TPSA) is 69.6 Å². The molecule has 25 heavy (non-hydrogen) atoms. The van der Waals surface area contributed by atoms with Crippen molar-refractivity contribution in [2.45, 2.75) is 19.3 Å². The van der Waals surface area contributed by atoms with E-state index in [0.717, 1.165) is 18.0 Å². The summed E-state index contributed by atoms with van der Waals surface area (Å²) in [5.74, 6) is 0.927. The van der Waals surface area contributed by atoms with Crippen LogP contribution < -0.4 is 10.6 Å². The van der Waals surface area contributed by atoms with E-state index in [1.165, 1.54) is 4.88 Å². The number of hydrogen-bond donors (Lipinski definition) is 2. The van der Waals surface area contributed by atoms with Crippen molar-refractivity contribution >= 4 is 34.5 Å². The van der Waals surface area contributed by atoms with Gasteiger partial charge in [-0.15, -0.1) is 22.7 Å². The smallest absolute Gasteiger partial charge is 0.243 e. The number of nitrogens with one attached hydrogen (secondary N) is 2. The van der Waals surface area contributed by atoms with Gasteiger partial charge in [0.25, 0.3) is 0 Å². The number of likely N-dealkylation sites (N-methyl/N-ethyl adjacent to an activating group) is 1. The number of amides is 1. The summed E-state index contributed by atoms with van der Waals surface area (Å²) in [5, 5.41) is 11.8. The van der Waals surface area contributed by atoms with Gasteiger partial charge < -0.3 is 15.5 Å². The molecule has 8 heteroatoms. The fourth-order valence-corrected chi connectivity index (χ4v) is 3.44. The molecule has 136 valence electrons. The Bertz CT molecular complexity index is 653. The average Bonchev–Trinajstić information content (AvgIpc) is 3.29. The van der Waals surface area contributed by atoms with E-state index < -0.39 is 0 Å². The molecule has 0 saturated heterocycles. The van der Waals surface area contributed by atoms with Gasteiger partial charge in [-0.25, -0.2) is 9.98 Å². The first-order chi connectivity index (χ1) is 12.1. The normalized spacial score (nSPS) is 12.7. The predicted molar refractivity (Wildman–Crippen MR) is 106 cm³/mol. The number of rotatable bonds is 8. The fraction of sp³-hybridized carbons (Fsp3) is 0.471. The van der Waals surface area contributed by atoms with Crippen LogP contribution in [0.15, 0.2) is 34.1 Å². The molecule has 2 N–H and O–H groups in total. The van der Waals surface area contributed by atoms with E-state index in [-0.39, 0.29) is 18.4 Å². The van der Waals surface area contributed by atoms with Crippen molar-refractivity contribution in [1.29, 1.82) is 0 Å². The lowest BCUT2D eigenvalue weighted by molar-refractivity contribution is -0.127. The lowest BCUT2D eigenvalue weighted by Crippen LogP contribution is -2.41. The second-order valence-corrected chi connectivity index (χ2v) is 7.82. The highest BCUT2D eigenvalue weighted by molar-refractivity contribution is 7.10. The molecule has 0 fully saturated rings. The summed E-state index contributed by atoms with van der Waals surface area (Å²) in [7, 11) is 3.47.